The third-order valence-corrected chi connectivity index (χ3v) is 4.57. The van der Waals surface area contributed by atoms with Crippen LogP contribution in [-0.4, -0.2) is 19.6 Å². The number of hydrogen-bond donors (Lipinski definition) is 0. The highest BCUT2D eigenvalue weighted by atomic mass is 32.2. The molecule has 0 aliphatic heterocycles. The highest BCUT2D eigenvalue weighted by Gasteiger charge is 2.23. The van der Waals surface area contributed by atoms with Crippen LogP contribution in [-0.2, 0) is 10.0 Å². The standard InChI is InChI=1S/C16H16N2O4S/c1-12(2)14-9-7-13(8-10-14)11-17-23(21,22)16-6-4-3-5-15(16)18(19)20/h3-12H,1-2H3/b17-11+. The highest BCUT2D eigenvalue weighted by Crippen LogP contribution is 2.24. The lowest BCUT2D eigenvalue weighted by Crippen LogP contribution is -2.02. The molecule has 0 aromatic heterocycles. The normalized spacial score (nSPS) is 12.0. The van der Waals surface area contributed by atoms with Crippen molar-refractivity contribution in [2.45, 2.75) is 24.7 Å². The van der Waals surface area contributed by atoms with Crippen molar-refractivity contribution < 1.29 is 13.3 Å². The summed E-state index contributed by atoms with van der Waals surface area (Å²) in [6.07, 6.45) is 1.19. The Hall–Kier alpha value is -2.54. The summed E-state index contributed by atoms with van der Waals surface area (Å²) in [7, 11) is -4.13. The Morgan fingerprint density at radius 1 is 1.09 bits per heavy atom. The van der Waals surface area contributed by atoms with Crippen molar-refractivity contribution in [1.29, 1.82) is 0 Å². The van der Waals surface area contributed by atoms with E-state index in [-0.39, 0.29) is 0 Å². The molecule has 2 rings (SSSR count). The van der Waals surface area contributed by atoms with Gasteiger partial charge in [0.15, 0.2) is 4.90 Å². The fourth-order valence-corrected chi connectivity index (χ4v) is 3.01. The second-order valence-electron chi connectivity index (χ2n) is 5.26. The van der Waals surface area contributed by atoms with E-state index < -0.39 is 25.5 Å². The summed E-state index contributed by atoms with van der Waals surface area (Å²) >= 11 is 0. The second kappa shape index (κ2) is 6.70. The van der Waals surface area contributed by atoms with Gasteiger partial charge in [0.2, 0.25) is 0 Å². The summed E-state index contributed by atoms with van der Waals surface area (Å²) < 4.78 is 28.0. The average molecular weight is 332 g/mol. The lowest BCUT2D eigenvalue weighted by Gasteiger charge is -2.04. The summed E-state index contributed by atoms with van der Waals surface area (Å²) in [6, 6.07) is 12.4. The minimum absolute atomic E-state index is 0.372. The molecular weight excluding hydrogens is 316 g/mol. The number of nitro benzene ring substituents is 1. The predicted molar refractivity (Wildman–Crippen MR) is 88.4 cm³/mol. The van der Waals surface area contributed by atoms with Crippen molar-refractivity contribution >= 4 is 21.9 Å². The van der Waals surface area contributed by atoms with E-state index in [0.29, 0.717) is 11.5 Å². The first kappa shape index (κ1) is 16.8. The zero-order valence-electron chi connectivity index (χ0n) is 12.7. The molecule has 0 aliphatic carbocycles. The molecule has 2 aromatic carbocycles. The van der Waals surface area contributed by atoms with Crippen molar-refractivity contribution in [2.24, 2.45) is 4.40 Å². The van der Waals surface area contributed by atoms with Gasteiger partial charge in [0.05, 0.1) is 4.92 Å². The topological polar surface area (TPSA) is 89.6 Å². The third kappa shape index (κ3) is 4.01. The molecule has 0 N–H and O–H groups in total. The zero-order valence-corrected chi connectivity index (χ0v) is 13.5. The Balaban J connectivity index is 2.33. The number of rotatable bonds is 5. The van der Waals surface area contributed by atoms with Crippen molar-refractivity contribution in [3.05, 3.63) is 69.8 Å². The van der Waals surface area contributed by atoms with E-state index in [1.54, 1.807) is 12.1 Å². The molecule has 0 spiro atoms. The maximum absolute atomic E-state index is 12.2. The zero-order chi connectivity index (χ0) is 17.0. The molecule has 0 saturated carbocycles. The van der Waals surface area contributed by atoms with Crippen molar-refractivity contribution in [3.8, 4) is 0 Å². The summed E-state index contributed by atoms with van der Waals surface area (Å²) in [5.74, 6) is 0.372. The first-order valence-electron chi connectivity index (χ1n) is 6.95. The number of hydrogen-bond acceptors (Lipinski definition) is 4. The molecular formula is C16H16N2O4S. The van der Waals surface area contributed by atoms with Gasteiger partial charge in [-0.05, 0) is 23.1 Å². The van der Waals surface area contributed by atoms with Crippen LogP contribution in [0.4, 0.5) is 5.69 Å². The lowest BCUT2D eigenvalue weighted by atomic mass is 10.0. The monoisotopic (exact) mass is 332 g/mol. The van der Waals surface area contributed by atoms with Crippen molar-refractivity contribution in [3.63, 3.8) is 0 Å². The Morgan fingerprint density at radius 3 is 2.26 bits per heavy atom. The molecule has 0 unspecified atom stereocenters. The van der Waals surface area contributed by atoms with Gasteiger partial charge in [-0.1, -0.05) is 50.2 Å². The molecule has 0 bridgehead atoms. The van der Waals surface area contributed by atoms with Crippen LogP contribution in [0.1, 0.15) is 30.9 Å². The van der Waals surface area contributed by atoms with Gasteiger partial charge in [0, 0.05) is 12.3 Å². The summed E-state index contributed by atoms with van der Waals surface area (Å²) in [6.45, 7) is 4.12. The van der Waals surface area contributed by atoms with Gasteiger partial charge in [0.1, 0.15) is 0 Å². The molecule has 0 atom stereocenters. The second-order valence-corrected chi connectivity index (χ2v) is 6.86. The molecule has 2 aromatic rings. The molecule has 0 fully saturated rings. The fraction of sp³-hybridized carbons (Fsp3) is 0.188. The number of para-hydroxylation sites is 1. The van der Waals surface area contributed by atoms with Crippen LogP contribution >= 0.6 is 0 Å². The smallest absolute Gasteiger partial charge is 0.258 e. The Morgan fingerprint density at radius 2 is 1.70 bits per heavy atom. The van der Waals surface area contributed by atoms with Gasteiger partial charge in [-0.3, -0.25) is 10.1 Å². The molecule has 0 saturated heterocycles. The van der Waals surface area contributed by atoms with Gasteiger partial charge in [-0.15, -0.1) is 0 Å². The summed E-state index contributed by atoms with van der Waals surface area (Å²) in [5, 5.41) is 10.9. The Labute approximate surface area is 134 Å². The summed E-state index contributed by atoms with van der Waals surface area (Å²) in [5.41, 5.74) is 1.25. The first-order chi connectivity index (χ1) is 10.8. The molecule has 6 nitrogen and oxygen atoms in total. The van der Waals surface area contributed by atoms with E-state index in [0.717, 1.165) is 11.6 Å². The number of nitro groups is 1. The Kier molecular flexibility index (Phi) is 4.90. The van der Waals surface area contributed by atoms with Gasteiger partial charge in [-0.25, -0.2) is 0 Å². The van der Waals surface area contributed by atoms with Crippen LogP contribution in [0.2, 0.25) is 0 Å². The Bertz CT molecular complexity index is 841. The molecule has 0 amide bonds. The van der Waals surface area contributed by atoms with Crippen LogP contribution < -0.4 is 0 Å². The fourth-order valence-electron chi connectivity index (χ4n) is 1.98. The average Bonchev–Trinajstić information content (AvgIpc) is 2.53. The maximum atomic E-state index is 12.2. The minimum atomic E-state index is -4.13. The maximum Gasteiger partial charge on any atom is 0.289 e. The third-order valence-electron chi connectivity index (χ3n) is 3.28. The SMILES string of the molecule is CC(C)c1ccc(/C=N/S(=O)(=O)c2ccccc2[N+](=O)[O-])cc1. The van der Waals surface area contributed by atoms with E-state index in [9.17, 15) is 18.5 Å². The molecule has 0 radical (unpaired) electrons. The van der Waals surface area contributed by atoms with Gasteiger partial charge in [0.25, 0.3) is 15.7 Å². The van der Waals surface area contributed by atoms with E-state index in [1.807, 2.05) is 12.1 Å². The van der Waals surface area contributed by atoms with Crippen LogP contribution in [0.5, 0.6) is 0 Å². The molecule has 7 heteroatoms. The summed E-state index contributed by atoms with van der Waals surface area (Å²) in [4.78, 5) is 9.78. The van der Waals surface area contributed by atoms with Gasteiger partial charge < -0.3 is 0 Å². The number of nitrogens with zero attached hydrogens (tertiary/aromatic N) is 2. The predicted octanol–water partition coefficient (Wildman–Crippen LogP) is 3.53. The van der Waals surface area contributed by atoms with Gasteiger partial charge >= 0.3 is 0 Å². The van der Waals surface area contributed by atoms with Crippen molar-refractivity contribution in [2.75, 3.05) is 0 Å². The van der Waals surface area contributed by atoms with Crippen LogP contribution in [0.3, 0.4) is 0 Å². The molecule has 23 heavy (non-hydrogen) atoms. The van der Waals surface area contributed by atoms with Crippen LogP contribution in [0, 0.1) is 10.1 Å². The largest absolute Gasteiger partial charge is 0.289 e. The van der Waals surface area contributed by atoms with E-state index >= 15 is 0 Å². The highest BCUT2D eigenvalue weighted by molar-refractivity contribution is 7.90. The van der Waals surface area contributed by atoms with Crippen molar-refractivity contribution in [1.82, 2.24) is 0 Å². The van der Waals surface area contributed by atoms with Gasteiger partial charge in [-0.2, -0.15) is 12.8 Å². The van der Waals surface area contributed by atoms with E-state index in [1.165, 1.54) is 24.4 Å². The quantitative estimate of drug-likeness (QED) is 0.476. The molecule has 0 heterocycles. The first-order valence-corrected chi connectivity index (χ1v) is 8.39. The number of benzene rings is 2. The van der Waals surface area contributed by atoms with Crippen LogP contribution in [0.15, 0.2) is 57.8 Å². The molecule has 120 valence electrons. The van der Waals surface area contributed by atoms with E-state index in [2.05, 4.69) is 18.2 Å². The van der Waals surface area contributed by atoms with E-state index in [4.69, 9.17) is 0 Å². The lowest BCUT2D eigenvalue weighted by molar-refractivity contribution is -0.387. The van der Waals surface area contributed by atoms with Crippen LogP contribution in [0.25, 0.3) is 0 Å². The number of sulfonamides is 1. The molecule has 0 aliphatic rings. The minimum Gasteiger partial charge on any atom is -0.258 e.